The van der Waals surface area contributed by atoms with Gasteiger partial charge in [-0.25, -0.2) is 0 Å². The highest BCUT2D eigenvalue weighted by Gasteiger charge is 2.31. The Hall–Kier alpha value is -0.810. The zero-order valence-corrected chi connectivity index (χ0v) is 13.8. The van der Waals surface area contributed by atoms with Gasteiger partial charge < -0.3 is 14.4 Å². The predicted molar refractivity (Wildman–Crippen MR) is 85.2 cm³/mol. The van der Waals surface area contributed by atoms with E-state index in [1.807, 2.05) is 11.0 Å². The standard InChI is InChI=1S/C16H19Cl2NO3/c17-13-2-1-12(14(18)10-13)9-15(20)19-5-3-11(4-6-19)16-21-7-8-22-16/h1-2,10-11,16H,3-9H2. The summed E-state index contributed by atoms with van der Waals surface area (Å²) in [7, 11) is 0. The molecule has 0 unspecified atom stereocenters. The fourth-order valence-electron chi connectivity index (χ4n) is 3.01. The van der Waals surface area contributed by atoms with E-state index in [1.165, 1.54) is 0 Å². The number of nitrogens with zero attached hydrogens (tertiary/aromatic N) is 1. The van der Waals surface area contributed by atoms with Crippen LogP contribution in [0.15, 0.2) is 18.2 Å². The van der Waals surface area contributed by atoms with E-state index < -0.39 is 0 Å². The maximum absolute atomic E-state index is 12.4. The Labute approximate surface area is 140 Å². The number of carbonyl (C=O) groups excluding carboxylic acids is 1. The molecule has 2 saturated heterocycles. The average Bonchev–Trinajstić information content (AvgIpc) is 3.04. The molecule has 2 aliphatic rings. The van der Waals surface area contributed by atoms with Crippen molar-refractivity contribution >= 4 is 29.1 Å². The van der Waals surface area contributed by atoms with Gasteiger partial charge in [0.2, 0.25) is 5.91 Å². The molecule has 3 rings (SSSR count). The number of hydrogen-bond acceptors (Lipinski definition) is 3. The van der Waals surface area contributed by atoms with Gasteiger partial charge in [0.25, 0.3) is 0 Å². The van der Waals surface area contributed by atoms with Crippen LogP contribution in [0, 0.1) is 5.92 Å². The van der Waals surface area contributed by atoms with Crippen molar-refractivity contribution in [2.75, 3.05) is 26.3 Å². The molecule has 1 aromatic carbocycles. The zero-order chi connectivity index (χ0) is 15.5. The summed E-state index contributed by atoms with van der Waals surface area (Å²) >= 11 is 12.0. The van der Waals surface area contributed by atoms with Gasteiger partial charge in [0.1, 0.15) is 0 Å². The predicted octanol–water partition coefficient (Wildman–Crippen LogP) is 3.15. The second-order valence-electron chi connectivity index (χ2n) is 5.74. The van der Waals surface area contributed by atoms with E-state index in [-0.39, 0.29) is 12.2 Å². The fourth-order valence-corrected chi connectivity index (χ4v) is 3.48. The highest BCUT2D eigenvalue weighted by molar-refractivity contribution is 6.35. The lowest BCUT2D eigenvalue weighted by Crippen LogP contribution is -2.42. The SMILES string of the molecule is O=C(Cc1ccc(Cl)cc1Cl)N1CCC(C2OCCO2)CC1. The van der Waals surface area contributed by atoms with Crippen LogP contribution in [0.5, 0.6) is 0 Å². The van der Waals surface area contributed by atoms with Crippen molar-refractivity contribution in [3.05, 3.63) is 33.8 Å². The molecule has 22 heavy (non-hydrogen) atoms. The van der Waals surface area contributed by atoms with Crippen LogP contribution < -0.4 is 0 Å². The molecule has 0 aromatic heterocycles. The molecule has 0 aliphatic carbocycles. The highest BCUT2D eigenvalue weighted by atomic mass is 35.5. The minimum Gasteiger partial charge on any atom is -0.350 e. The first-order valence-electron chi connectivity index (χ1n) is 7.58. The minimum absolute atomic E-state index is 0.0806. The number of carbonyl (C=O) groups is 1. The Balaban J connectivity index is 1.53. The number of halogens is 2. The maximum atomic E-state index is 12.4. The van der Waals surface area contributed by atoms with Gasteiger partial charge in [-0.3, -0.25) is 4.79 Å². The van der Waals surface area contributed by atoms with Crippen molar-refractivity contribution in [3.63, 3.8) is 0 Å². The van der Waals surface area contributed by atoms with E-state index in [0.29, 0.717) is 35.6 Å². The lowest BCUT2D eigenvalue weighted by molar-refractivity contribution is -0.136. The molecule has 1 amide bonds. The summed E-state index contributed by atoms with van der Waals surface area (Å²) in [4.78, 5) is 14.3. The van der Waals surface area contributed by atoms with Crippen molar-refractivity contribution in [1.82, 2.24) is 4.90 Å². The lowest BCUT2D eigenvalue weighted by atomic mass is 9.95. The number of ether oxygens (including phenoxy) is 2. The fraction of sp³-hybridized carbons (Fsp3) is 0.562. The monoisotopic (exact) mass is 343 g/mol. The quantitative estimate of drug-likeness (QED) is 0.846. The molecule has 2 aliphatic heterocycles. The van der Waals surface area contributed by atoms with Gasteiger partial charge in [-0.1, -0.05) is 29.3 Å². The molecular formula is C16H19Cl2NO3. The van der Waals surface area contributed by atoms with E-state index in [2.05, 4.69) is 0 Å². The number of rotatable bonds is 3. The number of benzene rings is 1. The second-order valence-corrected chi connectivity index (χ2v) is 6.58. The summed E-state index contributed by atoms with van der Waals surface area (Å²) < 4.78 is 11.1. The number of hydrogen-bond donors (Lipinski definition) is 0. The summed E-state index contributed by atoms with van der Waals surface area (Å²) in [6.07, 6.45) is 2.08. The molecule has 120 valence electrons. The molecule has 0 saturated carbocycles. The van der Waals surface area contributed by atoms with Gasteiger partial charge in [-0.2, -0.15) is 0 Å². The van der Waals surface area contributed by atoms with E-state index in [1.54, 1.807) is 12.1 Å². The first kappa shape index (κ1) is 16.1. The molecule has 1 aromatic rings. The van der Waals surface area contributed by atoms with Gasteiger partial charge in [0, 0.05) is 29.1 Å². The summed E-state index contributed by atoms with van der Waals surface area (Å²) in [6, 6.07) is 5.25. The first-order chi connectivity index (χ1) is 10.6. The minimum atomic E-state index is -0.0806. The Bertz CT molecular complexity index is 538. The second kappa shape index (κ2) is 7.18. The highest BCUT2D eigenvalue weighted by Crippen LogP contribution is 2.27. The van der Waals surface area contributed by atoms with Crippen molar-refractivity contribution in [2.45, 2.75) is 25.6 Å². The van der Waals surface area contributed by atoms with Crippen LogP contribution in [0.4, 0.5) is 0 Å². The van der Waals surface area contributed by atoms with Crippen molar-refractivity contribution < 1.29 is 14.3 Å². The van der Waals surface area contributed by atoms with Crippen LogP contribution in [-0.2, 0) is 20.7 Å². The van der Waals surface area contributed by atoms with Crippen LogP contribution in [0.3, 0.4) is 0 Å². The van der Waals surface area contributed by atoms with Crippen LogP contribution in [0.2, 0.25) is 10.0 Å². The third-order valence-corrected chi connectivity index (χ3v) is 4.87. The third-order valence-electron chi connectivity index (χ3n) is 4.28. The van der Waals surface area contributed by atoms with E-state index in [4.69, 9.17) is 32.7 Å². The van der Waals surface area contributed by atoms with Gasteiger partial charge in [-0.15, -0.1) is 0 Å². The van der Waals surface area contributed by atoms with Crippen molar-refractivity contribution in [3.8, 4) is 0 Å². The molecule has 0 N–H and O–H groups in total. The summed E-state index contributed by atoms with van der Waals surface area (Å²) in [6.45, 7) is 2.85. The maximum Gasteiger partial charge on any atom is 0.227 e. The molecule has 0 radical (unpaired) electrons. The zero-order valence-electron chi connectivity index (χ0n) is 12.3. The lowest BCUT2D eigenvalue weighted by Gasteiger charge is -2.34. The van der Waals surface area contributed by atoms with Crippen LogP contribution in [0.25, 0.3) is 0 Å². The van der Waals surface area contributed by atoms with Crippen LogP contribution in [-0.4, -0.2) is 43.4 Å². The Morgan fingerprint density at radius 1 is 1.18 bits per heavy atom. The van der Waals surface area contributed by atoms with Gasteiger partial charge in [0.05, 0.1) is 19.6 Å². The van der Waals surface area contributed by atoms with Gasteiger partial charge in [0.15, 0.2) is 6.29 Å². The first-order valence-corrected chi connectivity index (χ1v) is 8.34. The third kappa shape index (κ3) is 3.74. The van der Waals surface area contributed by atoms with Crippen molar-refractivity contribution in [1.29, 1.82) is 0 Å². The summed E-state index contributed by atoms with van der Waals surface area (Å²) in [5.74, 6) is 0.501. The molecule has 0 spiro atoms. The average molecular weight is 344 g/mol. The molecule has 0 atom stereocenters. The van der Waals surface area contributed by atoms with Gasteiger partial charge in [-0.05, 0) is 30.5 Å². The Morgan fingerprint density at radius 3 is 2.50 bits per heavy atom. The Morgan fingerprint density at radius 2 is 1.86 bits per heavy atom. The largest absolute Gasteiger partial charge is 0.350 e. The molecular weight excluding hydrogens is 325 g/mol. The topological polar surface area (TPSA) is 38.8 Å². The smallest absolute Gasteiger partial charge is 0.227 e. The van der Waals surface area contributed by atoms with E-state index in [0.717, 1.165) is 31.5 Å². The van der Waals surface area contributed by atoms with Crippen LogP contribution >= 0.6 is 23.2 Å². The summed E-state index contributed by atoms with van der Waals surface area (Å²) in [5.41, 5.74) is 0.820. The normalized spacial score (nSPS) is 20.5. The molecule has 0 bridgehead atoms. The number of piperidine rings is 1. The molecule has 4 nitrogen and oxygen atoms in total. The van der Waals surface area contributed by atoms with Gasteiger partial charge >= 0.3 is 0 Å². The van der Waals surface area contributed by atoms with Crippen molar-refractivity contribution in [2.24, 2.45) is 5.92 Å². The van der Waals surface area contributed by atoms with E-state index >= 15 is 0 Å². The van der Waals surface area contributed by atoms with Crippen LogP contribution in [0.1, 0.15) is 18.4 Å². The number of amides is 1. The summed E-state index contributed by atoms with van der Waals surface area (Å²) in [5, 5.41) is 1.13. The number of likely N-dealkylation sites (tertiary alicyclic amines) is 1. The van der Waals surface area contributed by atoms with E-state index in [9.17, 15) is 4.79 Å². The Kier molecular flexibility index (Phi) is 5.24. The molecule has 6 heteroatoms. The molecule has 2 fully saturated rings. The molecule has 2 heterocycles.